The third kappa shape index (κ3) is 2.69. The number of hydrogen-bond donors (Lipinski definition) is 0. The molecular weight excluding hydrogens is 349 g/mol. The van der Waals surface area contributed by atoms with Gasteiger partial charge in [0.2, 0.25) is 5.88 Å². The van der Waals surface area contributed by atoms with Crippen LogP contribution in [0.1, 0.15) is 27.7 Å². The summed E-state index contributed by atoms with van der Waals surface area (Å²) in [6.07, 6.45) is 1.72. The third-order valence-corrected chi connectivity index (χ3v) is 5.98. The first kappa shape index (κ1) is 17.4. The van der Waals surface area contributed by atoms with Crippen LogP contribution in [0.3, 0.4) is 0 Å². The normalized spacial score (nSPS) is 18.4. The minimum atomic E-state index is -0.482. The van der Waals surface area contributed by atoms with Crippen molar-refractivity contribution in [1.82, 2.24) is 15.0 Å². The van der Waals surface area contributed by atoms with Crippen molar-refractivity contribution in [3.63, 3.8) is 0 Å². The molecule has 0 aromatic carbocycles. The van der Waals surface area contributed by atoms with Gasteiger partial charge in [-0.05, 0) is 45.2 Å². The average Bonchev–Trinajstić information content (AvgIpc) is 3.13. The predicted molar refractivity (Wildman–Crippen MR) is 103 cm³/mol. The molecule has 1 fully saturated rings. The van der Waals surface area contributed by atoms with E-state index >= 15 is 0 Å². The summed E-state index contributed by atoms with van der Waals surface area (Å²) in [6, 6.07) is 5.65. The molecule has 8 heteroatoms. The second-order valence-electron chi connectivity index (χ2n) is 7.23. The Morgan fingerprint density at radius 3 is 2.42 bits per heavy atom. The molecule has 0 radical (unpaired) electrons. The Morgan fingerprint density at radius 2 is 1.81 bits per heavy atom. The topological polar surface area (TPSA) is 66.4 Å². The van der Waals surface area contributed by atoms with E-state index in [0.29, 0.717) is 17.4 Å². The van der Waals surface area contributed by atoms with Gasteiger partial charge in [0.05, 0.1) is 23.8 Å². The number of aromatic nitrogens is 3. The third-order valence-electron chi connectivity index (χ3n) is 5.01. The van der Waals surface area contributed by atoms with Gasteiger partial charge < -0.3 is 14.0 Å². The molecule has 0 atom stereocenters. The fraction of sp³-hybridized carbons (Fsp3) is 0.389. The van der Waals surface area contributed by atoms with Gasteiger partial charge in [0.1, 0.15) is 10.4 Å². The van der Waals surface area contributed by atoms with E-state index in [1.807, 2.05) is 51.3 Å². The van der Waals surface area contributed by atoms with E-state index in [0.717, 1.165) is 15.7 Å². The molecule has 1 aliphatic rings. The summed E-state index contributed by atoms with van der Waals surface area (Å²) in [5, 5.41) is 2.01. The van der Waals surface area contributed by atoms with Crippen LogP contribution in [0.2, 0.25) is 0 Å². The van der Waals surface area contributed by atoms with Crippen LogP contribution in [0.15, 0.2) is 29.8 Å². The van der Waals surface area contributed by atoms with E-state index in [1.54, 1.807) is 13.3 Å². The number of methoxy groups -OCH3 is 1. The van der Waals surface area contributed by atoms with Gasteiger partial charge in [-0.15, -0.1) is 11.3 Å². The lowest BCUT2D eigenvalue weighted by Gasteiger charge is -2.32. The molecule has 4 heterocycles. The zero-order valence-electron chi connectivity index (χ0n) is 15.4. The molecule has 3 aromatic heterocycles. The van der Waals surface area contributed by atoms with Crippen LogP contribution in [0.25, 0.3) is 21.7 Å². The molecule has 26 heavy (non-hydrogen) atoms. The van der Waals surface area contributed by atoms with Gasteiger partial charge in [0.15, 0.2) is 5.82 Å². The second-order valence-corrected chi connectivity index (χ2v) is 8.11. The zero-order chi connectivity index (χ0) is 18.5. The molecule has 0 saturated carbocycles. The molecule has 1 aliphatic heterocycles. The number of pyridine rings is 1. The summed E-state index contributed by atoms with van der Waals surface area (Å²) in [5.74, 6) is 1.05. The summed E-state index contributed by atoms with van der Waals surface area (Å²) in [4.78, 5) is 13.6. The van der Waals surface area contributed by atoms with Gasteiger partial charge in [0, 0.05) is 11.7 Å². The van der Waals surface area contributed by atoms with Crippen LogP contribution in [0.4, 0.5) is 0 Å². The number of nitrogens with zero attached hydrogens (tertiary/aromatic N) is 3. The van der Waals surface area contributed by atoms with Gasteiger partial charge in [-0.2, -0.15) is 4.98 Å². The van der Waals surface area contributed by atoms with Gasteiger partial charge >= 0.3 is 7.12 Å². The molecule has 4 rings (SSSR count). The SMILES string of the molecule is COc1nc(-c2ccccn2)nc2c(B3OC(C)(C)C(C)(C)O3)csc12. The first-order chi connectivity index (χ1) is 12.3. The van der Waals surface area contributed by atoms with Crippen LogP contribution in [0.5, 0.6) is 5.88 Å². The first-order valence-corrected chi connectivity index (χ1v) is 9.30. The smallest absolute Gasteiger partial charge is 0.480 e. The zero-order valence-corrected chi connectivity index (χ0v) is 16.3. The maximum atomic E-state index is 6.20. The Bertz CT molecular complexity index is 943. The van der Waals surface area contributed by atoms with Crippen LogP contribution in [-0.4, -0.2) is 40.4 Å². The summed E-state index contributed by atoms with van der Waals surface area (Å²) >= 11 is 1.53. The number of ether oxygens (including phenoxy) is 1. The lowest BCUT2D eigenvalue weighted by atomic mass is 9.80. The van der Waals surface area contributed by atoms with Crippen LogP contribution < -0.4 is 10.2 Å². The number of hydrogen-bond acceptors (Lipinski definition) is 7. The Morgan fingerprint density at radius 1 is 1.08 bits per heavy atom. The van der Waals surface area contributed by atoms with E-state index in [4.69, 9.17) is 19.0 Å². The number of thiophene rings is 1. The molecule has 0 aliphatic carbocycles. The van der Waals surface area contributed by atoms with Crippen LogP contribution in [0, 0.1) is 0 Å². The molecular formula is C18H20BN3O3S. The van der Waals surface area contributed by atoms with E-state index < -0.39 is 18.3 Å². The van der Waals surface area contributed by atoms with Crippen molar-refractivity contribution in [2.75, 3.05) is 7.11 Å². The quantitative estimate of drug-likeness (QED) is 0.661. The molecule has 3 aromatic rings. The lowest BCUT2D eigenvalue weighted by Crippen LogP contribution is -2.41. The van der Waals surface area contributed by atoms with Crippen molar-refractivity contribution in [2.45, 2.75) is 38.9 Å². The Labute approximate surface area is 156 Å². The molecule has 0 N–H and O–H groups in total. The van der Waals surface area contributed by atoms with Crippen LogP contribution in [-0.2, 0) is 9.31 Å². The highest BCUT2D eigenvalue weighted by Crippen LogP contribution is 2.38. The van der Waals surface area contributed by atoms with Gasteiger partial charge in [0.25, 0.3) is 0 Å². The summed E-state index contributed by atoms with van der Waals surface area (Å²) < 4.78 is 18.8. The molecule has 134 valence electrons. The summed E-state index contributed by atoms with van der Waals surface area (Å²) in [6.45, 7) is 8.15. The predicted octanol–water partition coefficient (Wildman–Crippen LogP) is 3.06. The van der Waals surface area contributed by atoms with Gasteiger partial charge in [-0.1, -0.05) is 6.07 Å². The Hall–Kier alpha value is -2.03. The molecule has 1 saturated heterocycles. The molecule has 6 nitrogen and oxygen atoms in total. The van der Waals surface area contributed by atoms with E-state index in [2.05, 4.69) is 9.97 Å². The van der Waals surface area contributed by atoms with Gasteiger partial charge in [-0.3, -0.25) is 4.98 Å². The first-order valence-electron chi connectivity index (χ1n) is 8.42. The summed E-state index contributed by atoms with van der Waals surface area (Å²) in [7, 11) is 1.13. The number of fused-ring (bicyclic) bond motifs is 1. The van der Waals surface area contributed by atoms with Crippen molar-refractivity contribution < 1.29 is 14.0 Å². The van der Waals surface area contributed by atoms with E-state index in [1.165, 1.54) is 11.3 Å². The van der Waals surface area contributed by atoms with Gasteiger partial charge in [-0.25, -0.2) is 4.98 Å². The summed E-state index contributed by atoms with van der Waals surface area (Å²) in [5.41, 5.74) is 1.54. The van der Waals surface area contributed by atoms with Crippen molar-refractivity contribution in [2.24, 2.45) is 0 Å². The monoisotopic (exact) mass is 369 g/mol. The highest BCUT2D eigenvalue weighted by Gasteiger charge is 2.52. The van der Waals surface area contributed by atoms with Crippen molar-refractivity contribution >= 4 is 34.1 Å². The Kier molecular flexibility index (Phi) is 4.02. The molecule has 0 spiro atoms. The van der Waals surface area contributed by atoms with Crippen LogP contribution >= 0.6 is 11.3 Å². The standard InChI is InChI=1S/C18H20BN3O3S/c1-17(2)18(3,4)25-19(24-17)11-10-26-14-13(11)21-15(22-16(14)23-5)12-8-6-7-9-20-12/h6-10H,1-5H3. The fourth-order valence-electron chi connectivity index (χ4n) is 2.80. The molecule has 0 bridgehead atoms. The maximum absolute atomic E-state index is 6.20. The maximum Gasteiger partial charge on any atom is 0.497 e. The fourth-order valence-corrected chi connectivity index (χ4v) is 3.77. The van der Waals surface area contributed by atoms with E-state index in [-0.39, 0.29) is 0 Å². The van der Waals surface area contributed by atoms with Crippen molar-refractivity contribution in [3.8, 4) is 17.4 Å². The highest BCUT2D eigenvalue weighted by atomic mass is 32.1. The van der Waals surface area contributed by atoms with Crippen molar-refractivity contribution in [3.05, 3.63) is 29.8 Å². The average molecular weight is 369 g/mol. The van der Waals surface area contributed by atoms with E-state index in [9.17, 15) is 0 Å². The largest absolute Gasteiger partial charge is 0.497 e. The minimum Gasteiger partial charge on any atom is -0.480 e. The minimum absolute atomic E-state index is 0.410. The Balaban J connectivity index is 1.85. The molecule has 0 amide bonds. The second kappa shape index (κ2) is 6.01. The lowest BCUT2D eigenvalue weighted by molar-refractivity contribution is 0.00578. The van der Waals surface area contributed by atoms with Crippen molar-refractivity contribution in [1.29, 1.82) is 0 Å². The molecule has 0 unspecified atom stereocenters. The number of rotatable bonds is 3. The highest BCUT2D eigenvalue weighted by molar-refractivity contribution is 7.19.